The number of anilines is 1. The van der Waals surface area contributed by atoms with Crippen molar-refractivity contribution in [3.63, 3.8) is 0 Å². The zero-order valence-electron chi connectivity index (χ0n) is 20.6. The van der Waals surface area contributed by atoms with Gasteiger partial charge in [-0.3, -0.25) is 4.98 Å². The minimum absolute atomic E-state index is 0.0229. The van der Waals surface area contributed by atoms with E-state index in [1.165, 1.54) is 23.7 Å². The number of thiazole rings is 1. The zero-order valence-corrected chi connectivity index (χ0v) is 23.8. The molecule has 0 aliphatic rings. The minimum atomic E-state index is -3.91. The van der Waals surface area contributed by atoms with Crippen molar-refractivity contribution < 1.29 is 13.5 Å². The van der Waals surface area contributed by atoms with Crippen LogP contribution in [0, 0.1) is 0 Å². The van der Waals surface area contributed by atoms with Gasteiger partial charge in [0, 0.05) is 28.2 Å². The van der Waals surface area contributed by atoms with Crippen molar-refractivity contribution in [2.24, 2.45) is 0 Å². The van der Waals surface area contributed by atoms with E-state index in [1.807, 2.05) is 18.2 Å². The van der Waals surface area contributed by atoms with E-state index in [0.29, 0.717) is 51.2 Å². The average molecular weight is 612 g/mol. The van der Waals surface area contributed by atoms with Gasteiger partial charge in [0.15, 0.2) is 5.65 Å². The van der Waals surface area contributed by atoms with Gasteiger partial charge >= 0.3 is 0 Å². The number of halogens is 2. The molecule has 9 nitrogen and oxygen atoms in total. The van der Waals surface area contributed by atoms with Gasteiger partial charge in [0.1, 0.15) is 16.6 Å². The molecule has 2 N–H and O–H groups in total. The molecule has 0 radical (unpaired) electrons. The van der Waals surface area contributed by atoms with E-state index in [0.717, 1.165) is 13.9 Å². The van der Waals surface area contributed by atoms with E-state index in [4.69, 9.17) is 23.2 Å². The first-order valence-electron chi connectivity index (χ1n) is 12.0. The molecule has 40 heavy (non-hydrogen) atoms. The fraction of sp³-hybridized carbons (Fsp3) is 0.111. The molecule has 6 aromatic rings. The minimum Gasteiger partial charge on any atom is -0.506 e. The van der Waals surface area contributed by atoms with Gasteiger partial charge in [-0.1, -0.05) is 36.4 Å². The van der Waals surface area contributed by atoms with Crippen molar-refractivity contribution in [1.82, 2.24) is 23.9 Å². The largest absolute Gasteiger partial charge is 0.506 e. The topological polar surface area (TPSA) is 123 Å². The van der Waals surface area contributed by atoms with Crippen molar-refractivity contribution in [3.8, 4) is 16.9 Å². The molecule has 0 bridgehead atoms. The number of aromatic nitrogens is 5. The lowest BCUT2D eigenvalue weighted by atomic mass is 10.0. The molecule has 0 atom stereocenters. The Morgan fingerprint density at radius 3 is 2.62 bits per heavy atom. The van der Waals surface area contributed by atoms with Crippen molar-refractivity contribution in [2.75, 3.05) is 5.32 Å². The molecule has 0 saturated carbocycles. The van der Waals surface area contributed by atoms with Crippen molar-refractivity contribution in [1.29, 1.82) is 0 Å². The maximum absolute atomic E-state index is 13.7. The number of alkyl halides is 1. The van der Waals surface area contributed by atoms with Gasteiger partial charge in [0.25, 0.3) is 0 Å². The maximum Gasteiger partial charge on any atom is 0.244 e. The predicted molar refractivity (Wildman–Crippen MR) is 158 cm³/mol. The summed E-state index contributed by atoms with van der Waals surface area (Å²) in [5.74, 6) is 0.502. The Morgan fingerprint density at radius 2 is 1.85 bits per heavy atom. The highest BCUT2D eigenvalue weighted by atomic mass is 35.5. The molecule has 202 valence electrons. The Balaban J connectivity index is 1.53. The second-order valence-corrected chi connectivity index (χ2v) is 12.6. The first kappa shape index (κ1) is 26.5. The van der Waals surface area contributed by atoms with Crippen LogP contribution >= 0.6 is 34.5 Å². The summed E-state index contributed by atoms with van der Waals surface area (Å²) in [6.45, 7) is 0.320. The third-order valence-corrected chi connectivity index (χ3v) is 9.39. The highest BCUT2D eigenvalue weighted by Gasteiger charge is 2.25. The molecule has 0 saturated heterocycles. The van der Waals surface area contributed by atoms with E-state index in [2.05, 4.69) is 25.3 Å². The summed E-state index contributed by atoms with van der Waals surface area (Å²) in [7, 11) is -3.91. The summed E-state index contributed by atoms with van der Waals surface area (Å²) in [6.07, 6.45) is 4.62. The van der Waals surface area contributed by atoms with Crippen molar-refractivity contribution >= 4 is 72.3 Å². The molecule has 0 unspecified atom stereocenters. The Hall–Kier alpha value is -3.77. The highest BCUT2D eigenvalue weighted by molar-refractivity contribution is 7.89. The van der Waals surface area contributed by atoms with Gasteiger partial charge < -0.3 is 10.4 Å². The van der Waals surface area contributed by atoms with Gasteiger partial charge in [0.2, 0.25) is 15.3 Å². The van der Waals surface area contributed by atoms with Gasteiger partial charge in [-0.05, 0) is 40.9 Å². The number of rotatable bonds is 8. The Kier molecular flexibility index (Phi) is 7.05. The van der Waals surface area contributed by atoms with Crippen LogP contribution in [-0.2, 0) is 28.2 Å². The number of hydrogen-bond donors (Lipinski definition) is 2. The number of pyridine rings is 1. The summed E-state index contributed by atoms with van der Waals surface area (Å²) in [4.78, 5) is 18.3. The molecule has 4 heterocycles. The standard InChI is InChI=1S/C27H20Cl2N6O3S2/c28-10-20-12-31-23(39-20)13-32-25-24-21(17-6-7-22-18(8-17)9-19(36)11-30-22)14-35(26(24)34-27(29)33-25)40(37,38)15-16-4-2-1-3-5-16/h1-9,11-12,14,36H,10,13,15H2,(H,32,33,34). The van der Waals surface area contributed by atoms with Crippen LogP contribution in [0.2, 0.25) is 5.28 Å². The van der Waals surface area contributed by atoms with E-state index in [9.17, 15) is 13.5 Å². The third kappa shape index (κ3) is 5.20. The Labute approximate surface area is 243 Å². The molecule has 0 fully saturated rings. The Morgan fingerprint density at radius 1 is 1.02 bits per heavy atom. The van der Waals surface area contributed by atoms with Crippen LogP contribution in [0.25, 0.3) is 33.1 Å². The molecule has 0 amide bonds. The quantitative estimate of drug-likeness (QED) is 0.154. The van der Waals surface area contributed by atoms with Crippen LogP contribution in [-0.4, -0.2) is 37.4 Å². The summed E-state index contributed by atoms with van der Waals surface area (Å²) in [6, 6.07) is 16.0. The third-order valence-electron chi connectivity index (χ3n) is 6.20. The summed E-state index contributed by atoms with van der Waals surface area (Å²) >= 11 is 13.7. The van der Waals surface area contributed by atoms with Gasteiger partial charge in [0.05, 0.1) is 35.3 Å². The summed E-state index contributed by atoms with van der Waals surface area (Å²) in [5.41, 5.74) is 2.71. The van der Waals surface area contributed by atoms with Crippen molar-refractivity contribution in [3.05, 3.63) is 93.9 Å². The number of nitrogens with one attached hydrogen (secondary N) is 1. The lowest BCUT2D eigenvalue weighted by molar-refractivity contribution is 0.474. The molecule has 0 aliphatic heterocycles. The molecular weight excluding hydrogens is 591 g/mol. The van der Waals surface area contributed by atoms with Gasteiger partial charge in [-0.2, -0.15) is 4.98 Å². The summed E-state index contributed by atoms with van der Waals surface area (Å²) < 4.78 is 28.6. The van der Waals surface area contributed by atoms with Crippen LogP contribution < -0.4 is 5.32 Å². The predicted octanol–water partition coefficient (Wildman–Crippen LogP) is 6.19. The lowest BCUT2D eigenvalue weighted by Gasteiger charge is -2.10. The number of aromatic hydroxyl groups is 1. The summed E-state index contributed by atoms with van der Waals surface area (Å²) in [5, 5.41) is 15.1. The first-order valence-corrected chi connectivity index (χ1v) is 15.3. The van der Waals surface area contributed by atoms with Crippen LogP contribution in [0.1, 0.15) is 15.4 Å². The second-order valence-electron chi connectivity index (χ2n) is 8.93. The van der Waals surface area contributed by atoms with Crippen LogP contribution in [0.3, 0.4) is 0 Å². The number of fused-ring (bicyclic) bond motifs is 2. The SMILES string of the molecule is O=S(=O)(Cc1ccccc1)n1cc(-c2ccc3ncc(O)cc3c2)c2c(NCc3ncc(CCl)s3)nc(Cl)nc21. The molecule has 13 heteroatoms. The van der Waals surface area contributed by atoms with Gasteiger partial charge in [-0.25, -0.2) is 22.4 Å². The second kappa shape index (κ2) is 10.7. The average Bonchev–Trinajstić information content (AvgIpc) is 3.57. The van der Waals surface area contributed by atoms with Crippen LogP contribution in [0.5, 0.6) is 5.75 Å². The number of nitrogens with zero attached hydrogens (tertiary/aromatic N) is 5. The van der Waals surface area contributed by atoms with E-state index in [1.54, 1.807) is 42.6 Å². The fourth-order valence-corrected chi connectivity index (χ4v) is 6.95. The van der Waals surface area contributed by atoms with Crippen LogP contribution in [0.15, 0.2) is 73.2 Å². The van der Waals surface area contributed by atoms with Crippen molar-refractivity contribution in [2.45, 2.75) is 18.2 Å². The molecule has 2 aromatic carbocycles. The number of benzene rings is 2. The molecule has 0 spiro atoms. The number of hydrogen-bond acceptors (Lipinski definition) is 9. The van der Waals surface area contributed by atoms with E-state index >= 15 is 0 Å². The van der Waals surface area contributed by atoms with E-state index in [-0.39, 0.29) is 22.4 Å². The molecule has 0 aliphatic carbocycles. The normalized spacial score (nSPS) is 11.8. The van der Waals surface area contributed by atoms with Crippen LogP contribution in [0.4, 0.5) is 5.82 Å². The van der Waals surface area contributed by atoms with E-state index < -0.39 is 10.0 Å². The Bertz CT molecular complexity index is 1980. The first-order chi connectivity index (χ1) is 19.3. The maximum atomic E-state index is 13.7. The zero-order chi connectivity index (χ0) is 27.9. The lowest BCUT2D eigenvalue weighted by Crippen LogP contribution is -2.15. The molecule has 4 aromatic heterocycles. The molecular formula is C27H20Cl2N6O3S2. The smallest absolute Gasteiger partial charge is 0.244 e. The monoisotopic (exact) mass is 610 g/mol. The highest BCUT2D eigenvalue weighted by Crippen LogP contribution is 2.37. The molecule has 6 rings (SSSR count). The fourth-order valence-electron chi connectivity index (χ4n) is 4.42. The van der Waals surface area contributed by atoms with Gasteiger partial charge in [-0.15, -0.1) is 22.9 Å².